The number of alkyl halides is 1. The third kappa shape index (κ3) is 2.47. The molecule has 0 N–H and O–H groups in total. The molecule has 13 heavy (non-hydrogen) atoms. The zero-order chi connectivity index (χ0) is 9.90. The Kier molecular flexibility index (Phi) is 3.38. The molecule has 1 aromatic rings. The summed E-state index contributed by atoms with van der Waals surface area (Å²) in [5.74, 6) is 0.604. The Morgan fingerprint density at radius 3 is 2.08 bits per heavy atom. The molecule has 0 saturated carbocycles. The maximum atomic E-state index is 5.73. The molecule has 0 unspecified atom stereocenters. The summed E-state index contributed by atoms with van der Waals surface area (Å²) in [5.41, 5.74) is 2.87. The van der Waals surface area contributed by atoms with Gasteiger partial charge in [0.25, 0.3) is 0 Å². The van der Waals surface area contributed by atoms with Crippen LogP contribution in [0.25, 0.3) is 0 Å². The lowest BCUT2D eigenvalue weighted by molar-refractivity contribution is 0.506. The first kappa shape index (κ1) is 10.6. The maximum Gasteiger partial charge on any atom is 0.0474 e. The van der Waals surface area contributed by atoms with Crippen molar-refractivity contribution < 1.29 is 0 Å². The Morgan fingerprint density at radius 2 is 1.69 bits per heavy atom. The number of benzene rings is 1. The molecule has 0 fully saturated rings. The molecule has 0 spiro atoms. The fourth-order valence-corrected chi connectivity index (χ4v) is 1.43. The number of halogens is 1. The van der Waals surface area contributed by atoms with Gasteiger partial charge in [-0.05, 0) is 23.0 Å². The summed E-state index contributed by atoms with van der Waals surface area (Å²) < 4.78 is 0. The second-order valence-electron chi connectivity index (χ2n) is 4.07. The van der Waals surface area contributed by atoms with Gasteiger partial charge in [-0.15, -0.1) is 11.6 Å². The van der Waals surface area contributed by atoms with Crippen molar-refractivity contribution in [2.24, 2.45) is 0 Å². The molecule has 0 nitrogen and oxygen atoms in total. The quantitative estimate of drug-likeness (QED) is 0.639. The minimum atomic E-state index is 0.283. The summed E-state index contributed by atoms with van der Waals surface area (Å²) in [6, 6.07) is 8.59. The highest BCUT2D eigenvalue weighted by Gasteiger charge is 2.17. The molecule has 1 heteroatoms. The highest BCUT2D eigenvalue weighted by Crippen LogP contribution is 2.26. The minimum absolute atomic E-state index is 0.283. The molecule has 0 aliphatic rings. The van der Waals surface area contributed by atoms with Crippen LogP contribution in [-0.2, 0) is 11.3 Å². The SMILES string of the molecule is CCC(C)(C)c1ccc(CCl)cc1. The maximum absolute atomic E-state index is 5.73. The lowest BCUT2D eigenvalue weighted by Gasteiger charge is -2.23. The lowest BCUT2D eigenvalue weighted by Crippen LogP contribution is -2.15. The molecule has 0 amide bonds. The summed E-state index contributed by atoms with van der Waals surface area (Å²) in [4.78, 5) is 0. The molecule has 0 aromatic heterocycles. The van der Waals surface area contributed by atoms with E-state index in [4.69, 9.17) is 11.6 Å². The van der Waals surface area contributed by atoms with Crippen molar-refractivity contribution in [2.75, 3.05) is 0 Å². The molecule has 0 aliphatic heterocycles. The van der Waals surface area contributed by atoms with E-state index in [9.17, 15) is 0 Å². The van der Waals surface area contributed by atoms with E-state index in [1.807, 2.05) is 0 Å². The molecule has 1 rings (SSSR count). The van der Waals surface area contributed by atoms with Gasteiger partial charge >= 0.3 is 0 Å². The van der Waals surface area contributed by atoms with Crippen LogP contribution >= 0.6 is 11.6 Å². The van der Waals surface area contributed by atoms with Crippen LogP contribution < -0.4 is 0 Å². The van der Waals surface area contributed by atoms with Gasteiger partial charge in [-0.2, -0.15) is 0 Å². The standard InChI is InChI=1S/C12H17Cl/c1-4-12(2,3)11-7-5-10(9-13)6-8-11/h5-8H,4,9H2,1-3H3. The summed E-state index contributed by atoms with van der Waals surface area (Å²) in [7, 11) is 0. The highest BCUT2D eigenvalue weighted by molar-refractivity contribution is 6.17. The van der Waals surface area contributed by atoms with Crippen molar-refractivity contribution in [3.8, 4) is 0 Å². The topological polar surface area (TPSA) is 0 Å². The molecule has 0 bridgehead atoms. The van der Waals surface area contributed by atoms with Crippen LogP contribution in [0, 0.1) is 0 Å². The van der Waals surface area contributed by atoms with E-state index in [0.29, 0.717) is 5.88 Å². The predicted molar refractivity (Wildman–Crippen MR) is 59.3 cm³/mol. The largest absolute Gasteiger partial charge is 0.122 e. The van der Waals surface area contributed by atoms with Crippen LogP contribution in [0.3, 0.4) is 0 Å². The van der Waals surface area contributed by atoms with Gasteiger partial charge in [0, 0.05) is 5.88 Å². The fraction of sp³-hybridized carbons (Fsp3) is 0.500. The van der Waals surface area contributed by atoms with Gasteiger partial charge < -0.3 is 0 Å². The average Bonchev–Trinajstić information content (AvgIpc) is 2.18. The predicted octanol–water partition coefficient (Wildman–Crippen LogP) is 4.11. The Balaban J connectivity index is 2.92. The van der Waals surface area contributed by atoms with Crippen molar-refractivity contribution in [1.82, 2.24) is 0 Å². The monoisotopic (exact) mass is 196 g/mol. The van der Waals surface area contributed by atoms with Gasteiger partial charge in [-0.1, -0.05) is 45.0 Å². The summed E-state index contributed by atoms with van der Waals surface area (Å²) in [6.07, 6.45) is 1.16. The molecule has 0 radical (unpaired) electrons. The number of rotatable bonds is 3. The van der Waals surface area contributed by atoms with Crippen molar-refractivity contribution in [3.63, 3.8) is 0 Å². The normalized spacial score (nSPS) is 11.7. The van der Waals surface area contributed by atoms with Gasteiger partial charge in [0.1, 0.15) is 0 Å². The van der Waals surface area contributed by atoms with Crippen LogP contribution in [-0.4, -0.2) is 0 Å². The molecule has 72 valence electrons. The first-order valence-corrected chi connectivity index (χ1v) is 5.29. The van der Waals surface area contributed by atoms with E-state index in [0.717, 1.165) is 6.42 Å². The van der Waals surface area contributed by atoms with E-state index in [2.05, 4.69) is 45.0 Å². The van der Waals surface area contributed by atoms with Crippen LogP contribution in [0.2, 0.25) is 0 Å². The minimum Gasteiger partial charge on any atom is -0.122 e. The second-order valence-corrected chi connectivity index (χ2v) is 4.34. The summed E-state index contributed by atoms with van der Waals surface area (Å²) >= 11 is 5.73. The first-order valence-electron chi connectivity index (χ1n) is 4.75. The van der Waals surface area contributed by atoms with E-state index in [-0.39, 0.29) is 5.41 Å². The van der Waals surface area contributed by atoms with Crippen LogP contribution in [0.4, 0.5) is 0 Å². The van der Waals surface area contributed by atoms with Crippen LogP contribution in [0.1, 0.15) is 38.3 Å². The van der Waals surface area contributed by atoms with E-state index < -0.39 is 0 Å². The summed E-state index contributed by atoms with van der Waals surface area (Å²) in [6.45, 7) is 6.75. The molecule has 0 aliphatic carbocycles. The van der Waals surface area contributed by atoms with Crippen molar-refractivity contribution >= 4 is 11.6 Å². The Morgan fingerprint density at radius 1 is 1.15 bits per heavy atom. The van der Waals surface area contributed by atoms with Crippen LogP contribution in [0.15, 0.2) is 24.3 Å². The van der Waals surface area contributed by atoms with Crippen molar-refractivity contribution in [1.29, 1.82) is 0 Å². The fourth-order valence-electron chi connectivity index (χ4n) is 1.25. The van der Waals surface area contributed by atoms with Crippen molar-refractivity contribution in [3.05, 3.63) is 35.4 Å². The zero-order valence-corrected chi connectivity index (χ0v) is 9.36. The number of hydrogen-bond donors (Lipinski definition) is 0. The average molecular weight is 197 g/mol. The van der Waals surface area contributed by atoms with Gasteiger partial charge in [0.05, 0.1) is 0 Å². The molecule has 0 heterocycles. The van der Waals surface area contributed by atoms with Crippen LogP contribution in [0.5, 0.6) is 0 Å². The smallest absolute Gasteiger partial charge is 0.0474 e. The third-order valence-electron chi connectivity index (χ3n) is 2.77. The van der Waals surface area contributed by atoms with Gasteiger partial charge in [0.2, 0.25) is 0 Å². The Bertz CT molecular complexity index is 259. The number of hydrogen-bond acceptors (Lipinski definition) is 0. The van der Waals surface area contributed by atoms with E-state index in [1.165, 1.54) is 11.1 Å². The summed E-state index contributed by atoms with van der Waals surface area (Å²) in [5, 5.41) is 0. The van der Waals surface area contributed by atoms with E-state index in [1.54, 1.807) is 0 Å². The zero-order valence-electron chi connectivity index (χ0n) is 8.60. The van der Waals surface area contributed by atoms with E-state index >= 15 is 0 Å². The molecule has 0 saturated heterocycles. The second kappa shape index (κ2) is 4.15. The van der Waals surface area contributed by atoms with Crippen molar-refractivity contribution in [2.45, 2.75) is 38.5 Å². The first-order chi connectivity index (χ1) is 6.10. The molecular weight excluding hydrogens is 180 g/mol. The Hall–Kier alpha value is -0.490. The third-order valence-corrected chi connectivity index (χ3v) is 3.08. The highest BCUT2D eigenvalue weighted by atomic mass is 35.5. The Labute approximate surface area is 85.9 Å². The molecule has 1 aromatic carbocycles. The van der Waals surface area contributed by atoms with Gasteiger partial charge in [-0.25, -0.2) is 0 Å². The molecular formula is C12H17Cl. The van der Waals surface area contributed by atoms with Gasteiger partial charge in [-0.3, -0.25) is 0 Å². The molecule has 0 atom stereocenters. The lowest BCUT2D eigenvalue weighted by atomic mass is 9.82. The van der Waals surface area contributed by atoms with Gasteiger partial charge in [0.15, 0.2) is 0 Å².